The summed E-state index contributed by atoms with van der Waals surface area (Å²) in [5.41, 5.74) is 0.662. The lowest BCUT2D eigenvalue weighted by Crippen LogP contribution is -2.43. The molecule has 1 aliphatic heterocycles. The lowest BCUT2D eigenvalue weighted by Gasteiger charge is -2.32. The fourth-order valence-corrected chi connectivity index (χ4v) is 2.70. The fourth-order valence-electron chi connectivity index (χ4n) is 2.70. The van der Waals surface area contributed by atoms with Crippen LogP contribution in [0.15, 0.2) is 18.2 Å². The summed E-state index contributed by atoms with van der Waals surface area (Å²) in [5.74, 6) is 1.69. The van der Waals surface area contributed by atoms with Gasteiger partial charge in [0.25, 0.3) is 0 Å². The number of ether oxygens (including phenoxy) is 3. The molecule has 1 saturated heterocycles. The number of piperidine rings is 1. The molecule has 0 bridgehead atoms. The van der Waals surface area contributed by atoms with Gasteiger partial charge in [0.2, 0.25) is 0 Å². The third kappa shape index (κ3) is 4.27. The molecular weight excluding hydrogens is 284 g/mol. The molecule has 6 nitrogen and oxygen atoms in total. The summed E-state index contributed by atoms with van der Waals surface area (Å²) < 4.78 is 15.6. The highest BCUT2D eigenvalue weighted by Crippen LogP contribution is 2.26. The van der Waals surface area contributed by atoms with E-state index < -0.39 is 0 Å². The van der Waals surface area contributed by atoms with Crippen molar-refractivity contribution in [1.82, 2.24) is 4.90 Å². The van der Waals surface area contributed by atoms with Gasteiger partial charge in [-0.25, -0.2) is 4.79 Å². The van der Waals surface area contributed by atoms with E-state index in [0.29, 0.717) is 29.7 Å². The summed E-state index contributed by atoms with van der Waals surface area (Å²) in [6, 6.07) is 5.22. The minimum atomic E-state index is -0.101. The maximum absolute atomic E-state index is 12.4. The number of hydrogen-bond donors (Lipinski definition) is 1. The van der Waals surface area contributed by atoms with Crippen LogP contribution >= 0.6 is 0 Å². The van der Waals surface area contributed by atoms with Gasteiger partial charge in [-0.05, 0) is 12.8 Å². The first-order valence-electron chi connectivity index (χ1n) is 7.44. The number of carbonyl (C=O) groups excluding carboxylic acids is 1. The second-order valence-electron chi connectivity index (χ2n) is 5.44. The minimum Gasteiger partial charge on any atom is -0.497 e. The van der Waals surface area contributed by atoms with Gasteiger partial charge in [-0.1, -0.05) is 0 Å². The Morgan fingerprint density at radius 1 is 1.23 bits per heavy atom. The molecule has 0 saturated carbocycles. The van der Waals surface area contributed by atoms with Gasteiger partial charge in [0.05, 0.1) is 20.8 Å². The van der Waals surface area contributed by atoms with Crippen LogP contribution in [0.3, 0.4) is 0 Å². The molecule has 1 atom stereocenters. The number of urea groups is 1. The molecule has 1 aliphatic rings. The van der Waals surface area contributed by atoms with Gasteiger partial charge in [0, 0.05) is 50.0 Å². The van der Waals surface area contributed by atoms with E-state index in [1.54, 1.807) is 39.5 Å². The summed E-state index contributed by atoms with van der Waals surface area (Å²) >= 11 is 0. The Hall–Kier alpha value is -1.95. The number of likely N-dealkylation sites (tertiary alicyclic amines) is 1. The molecule has 122 valence electrons. The van der Waals surface area contributed by atoms with Crippen molar-refractivity contribution in [2.45, 2.75) is 12.8 Å². The fraction of sp³-hybridized carbons (Fsp3) is 0.562. The van der Waals surface area contributed by atoms with Crippen LogP contribution in [-0.4, -0.2) is 52.0 Å². The molecule has 1 aromatic carbocycles. The molecular formula is C16H24N2O4. The largest absolute Gasteiger partial charge is 0.497 e. The average molecular weight is 308 g/mol. The van der Waals surface area contributed by atoms with Gasteiger partial charge >= 0.3 is 6.03 Å². The highest BCUT2D eigenvalue weighted by atomic mass is 16.5. The molecule has 1 N–H and O–H groups in total. The van der Waals surface area contributed by atoms with Gasteiger partial charge in [-0.3, -0.25) is 0 Å². The molecule has 6 heteroatoms. The number of methoxy groups -OCH3 is 3. The van der Waals surface area contributed by atoms with Gasteiger partial charge in [0.15, 0.2) is 0 Å². The first-order chi connectivity index (χ1) is 10.7. The Labute approximate surface area is 131 Å². The van der Waals surface area contributed by atoms with Crippen molar-refractivity contribution in [3.63, 3.8) is 0 Å². The van der Waals surface area contributed by atoms with Crippen LogP contribution in [0.4, 0.5) is 10.5 Å². The van der Waals surface area contributed by atoms with Crippen LogP contribution < -0.4 is 14.8 Å². The second-order valence-corrected chi connectivity index (χ2v) is 5.44. The first-order valence-corrected chi connectivity index (χ1v) is 7.44. The summed E-state index contributed by atoms with van der Waals surface area (Å²) in [6.45, 7) is 2.19. The highest BCUT2D eigenvalue weighted by molar-refractivity contribution is 5.89. The van der Waals surface area contributed by atoms with Crippen molar-refractivity contribution in [3.8, 4) is 11.5 Å². The Morgan fingerprint density at radius 3 is 2.50 bits per heavy atom. The Balaban J connectivity index is 2.01. The van der Waals surface area contributed by atoms with Gasteiger partial charge in [-0.15, -0.1) is 0 Å². The molecule has 0 radical (unpaired) electrons. The molecule has 2 amide bonds. The monoisotopic (exact) mass is 308 g/mol. The Bertz CT molecular complexity index is 483. The zero-order valence-electron chi connectivity index (χ0n) is 13.4. The van der Waals surface area contributed by atoms with E-state index in [2.05, 4.69) is 5.32 Å². The molecule has 1 aromatic rings. The smallest absolute Gasteiger partial charge is 0.321 e. The third-order valence-corrected chi connectivity index (χ3v) is 3.81. The number of rotatable bonds is 5. The molecule has 22 heavy (non-hydrogen) atoms. The van der Waals surface area contributed by atoms with E-state index in [4.69, 9.17) is 14.2 Å². The molecule has 1 heterocycles. The van der Waals surface area contributed by atoms with E-state index in [1.165, 1.54) is 0 Å². The molecule has 1 unspecified atom stereocenters. The van der Waals surface area contributed by atoms with Crippen LogP contribution in [-0.2, 0) is 4.74 Å². The quantitative estimate of drug-likeness (QED) is 0.908. The van der Waals surface area contributed by atoms with Crippen molar-refractivity contribution in [2.75, 3.05) is 46.3 Å². The summed E-state index contributed by atoms with van der Waals surface area (Å²) in [5, 5.41) is 2.91. The van der Waals surface area contributed by atoms with Crippen LogP contribution in [0.1, 0.15) is 12.8 Å². The third-order valence-electron chi connectivity index (χ3n) is 3.81. The Morgan fingerprint density at radius 2 is 1.91 bits per heavy atom. The lowest BCUT2D eigenvalue weighted by atomic mass is 9.99. The average Bonchev–Trinajstić information content (AvgIpc) is 2.55. The van der Waals surface area contributed by atoms with E-state index in [-0.39, 0.29) is 6.03 Å². The van der Waals surface area contributed by atoms with E-state index in [9.17, 15) is 4.79 Å². The Kier molecular flexibility index (Phi) is 5.89. The zero-order chi connectivity index (χ0) is 15.9. The van der Waals surface area contributed by atoms with Crippen LogP contribution in [0.25, 0.3) is 0 Å². The maximum atomic E-state index is 12.4. The summed E-state index contributed by atoms with van der Waals surface area (Å²) in [7, 11) is 4.86. The molecule has 0 aromatic heterocycles. The number of nitrogens with zero attached hydrogens (tertiary/aromatic N) is 1. The number of carbonyl (C=O) groups is 1. The normalized spacial score (nSPS) is 18.0. The van der Waals surface area contributed by atoms with Crippen LogP contribution in [0.2, 0.25) is 0 Å². The van der Waals surface area contributed by atoms with E-state index >= 15 is 0 Å². The van der Waals surface area contributed by atoms with Gasteiger partial charge in [0.1, 0.15) is 11.5 Å². The van der Waals surface area contributed by atoms with Crippen molar-refractivity contribution < 1.29 is 19.0 Å². The summed E-state index contributed by atoms with van der Waals surface area (Å²) in [4.78, 5) is 14.2. The topological polar surface area (TPSA) is 60.0 Å². The van der Waals surface area contributed by atoms with E-state index in [0.717, 1.165) is 25.9 Å². The summed E-state index contributed by atoms with van der Waals surface area (Å²) in [6.07, 6.45) is 2.10. The van der Waals surface area contributed by atoms with Gasteiger partial charge < -0.3 is 24.4 Å². The number of nitrogens with one attached hydrogen (secondary N) is 1. The number of benzene rings is 1. The number of amides is 2. The van der Waals surface area contributed by atoms with E-state index in [1.807, 2.05) is 4.90 Å². The predicted octanol–water partition coefficient (Wildman–Crippen LogP) is 2.59. The van der Waals surface area contributed by atoms with Gasteiger partial charge in [-0.2, -0.15) is 0 Å². The standard InChI is InChI=1S/C16H24N2O4/c1-20-11-12-5-4-6-18(10-12)16(19)17-13-7-14(21-2)9-15(8-13)22-3/h7-9,12H,4-6,10-11H2,1-3H3,(H,17,19). The predicted molar refractivity (Wildman–Crippen MR) is 84.7 cm³/mol. The molecule has 1 fully saturated rings. The SMILES string of the molecule is COCC1CCCN(C(=O)Nc2cc(OC)cc(OC)c2)C1. The molecule has 2 rings (SSSR count). The van der Waals surface area contributed by atoms with Crippen LogP contribution in [0, 0.1) is 5.92 Å². The van der Waals surface area contributed by atoms with Crippen molar-refractivity contribution in [2.24, 2.45) is 5.92 Å². The highest BCUT2D eigenvalue weighted by Gasteiger charge is 2.23. The van der Waals surface area contributed by atoms with Crippen LogP contribution in [0.5, 0.6) is 11.5 Å². The van der Waals surface area contributed by atoms with Crippen molar-refractivity contribution >= 4 is 11.7 Å². The minimum absolute atomic E-state index is 0.101. The van der Waals surface area contributed by atoms with Crippen molar-refractivity contribution in [3.05, 3.63) is 18.2 Å². The van der Waals surface area contributed by atoms with Crippen molar-refractivity contribution in [1.29, 1.82) is 0 Å². The maximum Gasteiger partial charge on any atom is 0.321 e. The number of anilines is 1. The zero-order valence-corrected chi connectivity index (χ0v) is 13.4. The lowest BCUT2D eigenvalue weighted by molar-refractivity contribution is 0.104. The number of hydrogen-bond acceptors (Lipinski definition) is 4. The second kappa shape index (κ2) is 7.89. The first kappa shape index (κ1) is 16.4. The molecule has 0 aliphatic carbocycles. The molecule has 0 spiro atoms.